The van der Waals surface area contributed by atoms with Crippen LogP contribution in [0.3, 0.4) is 0 Å². The number of para-hydroxylation sites is 1. The first kappa shape index (κ1) is 13.5. The Morgan fingerprint density at radius 2 is 2.24 bits per heavy atom. The Balaban J connectivity index is 2.60. The molecule has 0 aliphatic rings. The van der Waals surface area contributed by atoms with Crippen molar-refractivity contribution < 1.29 is 14.6 Å². The van der Waals surface area contributed by atoms with Gasteiger partial charge in [0.25, 0.3) is 0 Å². The second kappa shape index (κ2) is 6.88. The standard InChI is InChI=1S/C12H18N2O3/c1-9(13)12(16)14-8-10-4-2-3-5-11(10)17-7-6-15/h2-5,9,15H,6-8,13H2,1H3,(H,14,16)/t9-/m1/s1. The summed E-state index contributed by atoms with van der Waals surface area (Å²) < 4.78 is 5.35. The van der Waals surface area contributed by atoms with E-state index < -0.39 is 6.04 Å². The minimum Gasteiger partial charge on any atom is -0.491 e. The van der Waals surface area contributed by atoms with Crippen LogP contribution in [0.4, 0.5) is 0 Å². The summed E-state index contributed by atoms with van der Waals surface area (Å²) in [4.78, 5) is 11.3. The molecular formula is C12H18N2O3. The molecule has 1 rings (SSSR count). The first-order chi connectivity index (χ1) is 8.15. The summed E-state index contributed by atoms with van der Waals surface area (Å²) in [6.45, 7) is 2.18. The van der Waals surface area contributed by atoms with Gasteiger partial charge in [0, 0.05) is 12.1 Å². The molecular weight excluding hydrogens is 220 g/mol. The van der Waals surface area contributed by atoms with Gasteiger partial charge in [-0.1, -0.05) is 18.2 Å². The van der Waals surface area contributed by atoms with E-state index in [-0.39, 0.29) is 19.1 Å². The van der Waals surface area contributed by atoms with Crippen molar-refractivity contribution in [1.29, 1.82) is 0 Å². The van der Waals surface area contributed by atoms with E-state index >= 15 is 0 Å². The van der Waals surface area contributed by atoms with Gasteiger partial charge in [-0.2, -0.15) is 0 Å². The lowest BCUT2D eigenvalue weighted by molar-refractivity contribution is -0.122. The molecule has 0 radical (unpaired) electrons. The third-order valence-electron chi connectivity index (χ3n) is 2.19. The molecule has 0 fully saturated rings. The van der Waals surface area contributed by atoms with Crippen LogP contribution in [0, 0.1) is 0 Å². The van der Waals surface area contributed by atoms with E-state index in [2.05, 4.69) is 5.32 Å². The summed E-state index contributed by atoms with van der Waals surface area (Å²) in [6.07, 6.45) is 0. The zero-order valence-electron chi connectivity index (χ0n) is 9.85. The van der Waals surface area contributed by atoms with Crippen molar-refractivity contribution in [3.8, 4) is 5.75 Å². The van der Waals surface area contributed by atoms with Crippen molar-refractivity contribution in [2.45, 2.75) is 19.5 Å². The molecule has 1 aromatic rings. The van der Waals surface area contributed by atoms with Gasteiger partial charge in [0.2, 0.25) is 5.91 Å². The van der Waals surface area contributed by atoms with Crippen LogP contribution >= 0.6 is 0 Å². The van der Waals surface area contributed by atoms with Crippen LogP contribution in [0.2, 0.25) is 0 Å². The monoisotopic (exact) mass is 238 g/mol. The summed E-state index contributed by atoms with van der Waals surface area (Å²) in [7, 11) is 0. The first-order valence-corrected chi connectivity index (χ1v) is 5.50. The lowest BCUT2D eigenvalue weighted by Crippen LogP contribution is -2.37. The molecule has 1 aromatic carbocycles. The van der Waals surface area contributed by atoms with Gasteiger partial charge in [-0.3, -0.25) is 4.79 Å². The van der Waals surface area contributed by atoms with Crippen LogP contribution in [0.5, 0.6) is 5.75 Å². The van der Waals surface area contributed by atoms with Gasteiger partial charge >= 0.3 is 0 Å². The molecule has 0 unspecified atom stereocenters. The van der Waals surface area contributed by atoms with Gasteiger partial charge in [0.1, 0.15) is 12.4 Å². The van der Waals surface area contributed by atoms with Crippen LogP contribution in [0.15, 0.2) is 24.3 Å². The van der Waals surface area contributed by atoms with Gasteiger partial charge in [-0.05, 0) is 13.0 Å². The van der Waals surface area contributed by atoms with Crippen molar-refractivity contribution >= 4 is 5.91 Å². The Kier molecular flexibility index (Phi) is 5.45. The highest BCUT2D eigenvalue weighted by molar-refractivity contribution is 5.80. The van der Waals surface area contributed by atoms with Crippen molar-refractivity contribution in [2.75, 3.05) is 13.2 Å². The largest absolute Gasteiger partial charge is 0.491 e. The lowest BCUT2D eigenvalue weighted by atomic mass is 10.2. The number of amides is 1. The number of ether oxygens (including phenoxy) is 1. The van der Waals surface area contributed by atoms with Gasteiger partial charge in [-0.25, -0.2) is 0 Å². The van der Waals surface area contributed by atoms with Crippen LogP contribution in [-0.2, 0) is 11.3 Å². The summed E-state index contributed by atoms with van der Waals surface area (Å²) in [5, 5.41) is 11.4. The maximum absolute atomic E-state index is 11.3. The highest BCUT2D eigenvalue weighted by Crippen LogP contribution is 2.17. The minimum absolute atomic E-state index is 0.0411. The number of aliphatic hydroxyl groups excluding tert-OH is 1. The van der Waals surface area contributed by atoms with E-state index in [0.29, 0.717) is 12.3 Å². The second-order valence-corrected chi connectivity index (χ2v) is 3.69. The summed E-state index contributed by atoms with van der Waals surface area (Å²) in [5.41, 5.74) is 6.30. The topological polar surface area (TPSA) is 84.6 Å². The highest BCUT2D eigenvalue weighted by atomic mass is 16.5. The third kappa shape index (κ3) is 4.42. The molecule has 4 N–H and O–H groups in total. The Morgan fingerprint density at radius 1 is 1.53 bits per heavy atom. The van der Waals surface area contributed by atoms with Crippen LogP contribution in [0.1, 0.15) is 12.5 Å². The number of carbonyl (C=O) groups is 1. The van der Waals surface area contributed by atoms with Crippen molar-refractivity contribution in [3.63, 3.8) is 0 Å². The van der Waals surface area contributed by atoms with E-state index in [0.717, 1.165) is 5.56 Å². The number of benzene rings is 1. The molecule has 5 heteroatoms. The molecule has 0 aromatic heterocycles. The highest BCUT2D eigenvalue weighted by Gasteiger charge is 2.08. The Hall–Kier alpha value is -1.59. The summed E-state index contributed by atoms with van der Waals surface area (Å²) in [5.74, 6) is 0.452. The fourth-order valence-corrected chi connectivity index (χ4v) is 1.29. The number of nitrogens with one attached hydrogen (secondary N) is 1. The smallest absolute Gasteiger partial charge is 0.236 e. The molecule has 0 saturated heterocycles. The number of rotatable bonds is 6. The van der Waals surface area contributed by atoms with E-state index in [1.54, 1.807) is 13.0 Å². The zero-order chi connectivity index (χ0) is 12.7. The van der Waals surface area contributed by atoms with Crippen LogP contribution < -0.4 is 15.8 Å². The SMILES string of the molecule is C[C@@H](N)C(=O)NCc1ccccc1OCCO. The molecule has 0 aliphatic heterocycles. The third-order valence-corrected chi connectivity index (χ3v) is 2.19. The molecule has 0 spiro atoms. The average Bonchev–Trinajstić information content (AvgIpc) is 2.34. The lowest BCUT2D eigenvalue weighted by Gasteiger charge is -2.12. The Morgan fingerprint density at radius 3 is 2.88 bits per heavy atom. The number of aliphatic hydroxyl groups is 1. The van der Waals surface area contributed by atoms with Crippen LogP contribution in [-0.4, -0.2) is 30.3 Å². The average molecular weight is 238 g/mol. The number of nitrogens with two attached hydrogens (primary N) is 1. The van der Waals surface area contributed by atoms with Crippen molar-refractivity contribution in [1.82, 2.24) is 5.32 Å². The predicted octanol–water partition coefficient (Wildman–Crippen LogP) is 0.0211. The summed E-state index contributed by atoms with van der Waals surface area (Å²) >= 11 is 0. The normalized spacial score (nSPS) is 11.9. The summed E-state index contributed by atoms with van der Waals surface area (Å²) in [6, 6.07) is 6.82. The molecule has 1 atom stereocenters. The van der Waals surface area contributed by atoms with E-state index in [4.69, 9.17) is 15.6 Å². The molecule has 17 heavy (non-hydrogen) atoms. The fraction of sp³-hybridized carbons (Fsp3) is 0.417. The molecule has 0 aliphatic carbocycles. The van der Waals surface area contributed by atoms with Crippen molar-refractivity contribution in [3.05, 3.63) is 29.8 Å². The predicted molar refractivity (Wildman–Crippen MR) is 64.5 cm³/mol. The van der Waals surface area contributed by atoms with E-state index in [1.165, 1.54) is 0 Å². The number of hydrogen-bond donors (Lipinski definition) is 3. The molecule has 0 heterocycles. The first-order valence-electron chi connectivity index (χ1n) is 5.50. The van der Waals surface area contributed by atoms with Crippen LogP contribution in [0.25, 0.3) is 0 Å². The van der Waals surface area contributed by atoms with Gasteiger partial charge in [-0.15, -0.1) is 0 Å². The molecule has 94 valence electrons. The minimum atomic E-state index is -0.527. The number of carbonyl (C=O) groups excluding carboxylic acids is 1. The van der Waals surface area contributed by atoms with Gasteiger partial charge in [0.15, 0.2) is 0 Å². The molecule has 5 nitrogen and oxygen atoms in total. The van der Waals surface area contributed by atoms with E-state index in [9.17, 15) is 4.79 Å². The Bertz CT molecular complexity index is 367. The molecule has 0 saturated carbocycles. The molecule has 1 amide bonds. The Labute approximate surface area is 101 Å². The van der Waals surface area contributed by atoms with Gasteiger partial charge < -0.3 is 20.9 Å². The number of hydrogen-bond acceptors (Lipinski definition) is 4. The van der Waals surface area contributed by atoms with E-state index in [1.807, 2.05) is 18.2 Å². The zero-order valence-corrected chi connectivity index (χ0v) is 9.85. The maximum atomic E-state index is 11.3. The van der Waals surface area contributed by atoms with Gasteiger partial charge in [0.05, 0.1) is 12.6 Å². The molecule has 0 bridgehead atoms. The quantitative estimate of drug-likeness (QED) is 0.652. The fourth-order valence-electron chi connectivity index (χ4n) is 1.29. The second-order valence-electron chi connectivity index (χ2n) is 3.69. The van der Waals surface area contributed by atoms with Crippen molar-refractivity contribution in [2.24, 2.45) is 5.73 Å². The maximum Gasteiger partial charge on any atom is 0.236 e.